The molecule has 43 heavy (non-hydrogen) atoms. The predicted octanol–water partition coefficient (Wildman–Crippen LogP) is 5.33. The number of alkyl halides is 8. The molecular formula is C26H19F8N5O4. The summed E-state index contributed by atoms with van der Waals surface area (Å²) in [6, 6.07) is 5.02. The summed E-state index contributed by atoms with van der Waals surface area (Å²) in [7, 11) is 1.42. The Morgan fingerprint density at radius 1 is 1.00 bits per heavy atom. The molecule has 1 N–H and O–H groups in total. The van der Waals surface area contributed by atoms with Crippen LogP contribution in [-0.2, 0) is 28.4 Å². The lowest BCUT2D eigenvalue weighted by molar-refractivity contribution is -0.216. The van der Waals surface area contributed by atoms with Crippen molar-refractivity contribution in [2.75, 3.05) is 7.11 Å². The first-order chi connectivity index (χ1) is 20.0. The Labute approximate surface area is 237 Å². The number of hydrogen-bond acceptors (Lipinski definition) is 7. The summed E-state index contributed by atoms with van der Waals surface area (Å²) >= 11 is 0. The van der Waals surface area contributed by atoms with E-state index in [1.54, 1.807) is 0 Å². The van der Waals surface area contributed by atoms with Gasteiger partial charge in [-0.25, -0.2) is 9.99 Å². The summed E-state index contributed by atoms with van der Waals surface area (Å²) in [5, 5.41) is 6.42. The average Bonchev–Trinajstić information content (AvgIpc) is 2.94. The van der Waals surface area contributed by atoms with Gasteiger partial charge in [-0.15, -0.1) is 5.10 Å². The minimum atomic E-state index is -5.20. The normalized spacial score (nSPS) is 15.8. The zero-order valence-corrected chi connectivity index (χ0v) is 21.9. The Balaban J connectivity index is 1.65. The Hall–Kier alpha value is -4.83. The van der Waals surface area contributed by atoms with E-state index in [0.29, 0.717) is 16.3 Å². The fourth-order valence-corrected chi connectivity index (χ4v) is 3.86. The third kappa shape index (κ3) is 6.98. The first-order valence-electron chi connectivity index (χ1n) is 12.0. The number of halogens is 8. The van der Waals surface area contributed by atoms with E-state index in [2.05, 4.69) is 25.1 Å². The molecule has 4 rings (SSSR count). The van der Waals surface area contributed by atoms with Gasteiger partial charge in [0.25, 0.3) is 11.8 Å². The standard InChI is InChI=1S/C26H19F8N5O4/c1-13(37-21(40)15-9-16(24(27,28)29)11-17(10-15)25(30,31)32)19-20(36-8-7-35-19)22-38-39(23(41)26(33,34)43-22)12-14-3-5-18(42-2)6-4-14/h3-11,13H,12H2,1-2H3,(H,37,40). The van der Waals surface area contributed by atoms with E-state index in [1.807, 2.05) is 0 Å². The molecule has 17 heteroatoms. The molecule has 0 saturated heterocycles. The van der Waals surface area contributed by atoms with Crippen LogP contribution in [0.5, 0.6) is 5.75 Å². The molecule has 2 heterocycles. The van der Waals surface area contributed by atoms with Crippen molar-refractivity contribution >= 4 is 17.7 Å². The number of carbonyl (C=O) groups is 2. The highest BCUT2D eigenvalue weighted by Crippen LogP contribution is 2.36. The third-order valence-corrected chi connectivity index (χ3v) is 5.95. The molecule has 9 nitrogen and oxygen atoms in total. The fraction of sp³-hybridized carbons (Fsp3) is 0.269. The van der Waals surface area contributed by atoms with E-state index >= 15 is 0 Å². The highest BCUT2D eigenvalue weighted by atomic mass is 19.4. The van der Waals surface area contributed by atoms with Crippen molar-refractivity contribution in [2.45, 2.75) is 38.0 Å². The van der Waals surface area contributed by atoms with Crippen LogP contribution < -0.4 is 10.1 Å². The van der Waals surface area contributed by atoms with Crippen molar-refractivity contribution in [1.29, 1.82) is 0 Å². The van der Waals surface area contributed by atoms with E-state index in [-0.39, 0.29) is 23.9 Å². The molecule has 0 bridgehead atoms. The van der Waals surface area contributed by atoms with Gasteiger partial charge in [0.15, 0.2) is 5.69 Å². The van der Waals surface area contributed by atoms with Gasteiger partial charge in [-0.3, -0.25) is 14.6 Å². The third-order valence-electron chi connectivity index (χ3n) is 5.95. The lowest BCUT2D eigenvalue weighted by Gasteiger charge is -2.29. The van der Waals surface area contributed by atoms with Gasteiger partial charge >= 0.3 is 24.4 Å². The van der Waals surface area contributed by atoms with Crippen LogP contribution in [0.15, 0.2) is 60.0 Å². The zero-order valence-electron chi connectivity index (χ0n) is 21.9. The summed E-state index contributed by atoms with van der Waals surface area (Å²) in [5.41, 5.74) is -4.81. The van der Waals surface area contributed by atoms with Crippen LogP contribution in [0.2, 0.25) is 0 Å². The molecule has 1 aliphatic heterocycles. The Bertz CT molecular complexity index is 1530. The molecule has 0 spiro atoms. The molecular weight excluding hydrogens is 598 g/mol. The van der Waals surface area contributed by atoms with E-state index in [1.165, 1.54) is 38.3 Å². The molecule has 0 fully saturated rings. The zero-order chi connectivity index (χ0) is 31.7. The number of amides is 2. The number of nitrogens with zero attached hydrogens (tertiary/aromatic N) is 4. The summed E-state index contributed by atoms with van der Waals surface area (Å²) in [4.78, 5) is 33.0. The maximum Gasteiger partial charge on any atom is 0.485 e. The van der Waals surface area contributed by atoms with Gasteiger partial charge in [0.1, 0.15) is 5.75 Å². The number of carbonyl (C=O) groups excluding carboxylic acids is 2. The van der Waals surface area contributed by atoms with Crippen molar-refractivity contribution in [2.24, 2.45) is 5.10 Å². The number of aromatic nitrogens is 2. The number of nitrogens with one attached hydrogen (secondary N) is 1. The molecule has 1 aromatic heterocycles. The number of benzene rings is 2. The van der Waals surface area contributed by atoms with Gasteiger partial charge < -0.3 is 14.8 Å². The summed E-state index contributed by atoms with van der Waals surface area (Å²) in [6.07, 6.45) is -12.7. The highest BCUT2D eigenvalue weighted by molar-refractivity contribution is 5.99. The second-order valence-corrected chi connectivity index (χ2v) is 9.01. The van der Waals surface area contributed by atoms with Gasteiger partial charge in [0.2, 0.25) is 0 Å². The maximum atomic E-state index is 14.6. The SMILES string of the molecule is COc1ccc(CN2N=C(c3nccnc3C(C)NC(=O)c3cc(C(F)(F)F)cc(C(F)(F)F)c3)OC(F)(F)C2=O)cc1. The minimum Gasteiger partial charge on any atom is -0.497 e. The molecule has 0 aliphatic carbocycles. The van der Waals surface area contributed by atoms with Crippen molar-refractivity contribution in [3.05, 3.63) is 88.5 Å². The van der Waals surface area contributed by atoms with Crippen LogP contribution in [0.1, 0.15) is 51.4 Å². The van der Waals surface area contributed by atoms with Crippen molar-refractivity contribution in [3.8, 4) is 5.75 Å². The molecule has 2 amide bonds. The second kappa shape index (κ2) is 11.4. The Morgan fingerprint density at radius 3 is 2.14 bits per heavy atom. The topological polar surface area (TPSA) is 106 Å². The van der Waals surface area contributed by atoms with Crippen LogP contribution in [0, 0.1) is 0 Å². The summed E-state index contributed by atoms with van der Waals surface area (Å²) in [6.45, 7) is 0.787. The van der Waals surface area contributed by atoms with Crippen LogP contribution in [0.25, 0.3) is 0 Å². The molecule has 0 radical (unpaired) electrons. The van der Waals surface area contributed by atoms with E-state index in [9.17, 15) is 44.7 Å². The van der Waals surface area contributed by atoms with Crippen LogP contribution in [0.3, 0.4) is 0 Å². The largest absolute Gasteiger partial charge is 0.497 e. The van der Waals surface area contributed by atoms with Gasteiger partial charge in [0.05, 0.1) is 36.5 Å². The number of ether oxygens (including phenoxy) is 2. The maximum absolute atomic E-state index is 14.6. The van der Waals surface area contributed by atoms with Gasteiger partial charge in [-0.1, -0.05) is 12.1 Å². The number of hydrazone groups is 1. The van der Waals surface area contributed by atoms with Gasteiger partial charge in [0, 0.05) is 18.0 Å². The van der Waals surface area contributed by atoms with Crippen molar-refractivity contribution in [1.82, 2.24) is 20.3 Å². The minimum absolute atomic E-state index is 0.140. The molecule has 3 aromatic rings. The van der Waals surface area contributed by atoms with Gasteiger partial charge in [-0.05, 0) is 42.8 Å². The molecule has 1 atom stereocenters. The van der Waals surface area contributed by atoms with Crippen LogP contribution >= 0.6 is 0 Å². The smallest absolute Gasteiger partial charge is 0.485 e. The van der Waals surface area contributed by atoms with E-state index < -0.39 is 71.1 Å². The fourth-order valence-electron chi connectivity index (χ4n) is 3.86. The number of rotatable bonds is 7. The molecule has 0 saturated carbocycles. The Kier molecular flexibility index (Phi) is 8.28. The van der Waals surface area contributed by atoms with Crippen molar-refractivity contribution in [3.63, 3.8) is 0 Å². The van der Waals surface area contributed by atoms with E-state index in [4.69, 9.17) is 4.74 Å². The quantitative estimate of drug-likeness (QED) is 0.360. The molecule has 1 aliphatic rings. The predicted molar refractivity (Wildman–Crippen MR) is 130 cm³/mol. The lowest BCUT2D eigenvalue weighted by Crippen LogP contribution is -2.48. The first kappa shape index (κ1) is 31.1. The van der Waals surface area contributed by atoms with Crippen LogP contribution in [-0.4, -0.2) is 45.9 Å². The van der Waals surface area contributed by atoms with Gasteiger partial charge in [-0.2, -0.15) is 35.1 Å². The lowest BCUT2D eigenvalue weighted by atomic mass is 10.0. The van der Waals surface area contributed by atoms with E-state index in [0.717, 1.165) is 12.4 Å². The Morgan fingerprint density at radius 2 is 1.58 bits per heavy atom. The second-order valence-electron chi connectivity index (χ2n) is 9.01. The average molecular weight is 617 g/mol. The number of methoxy groups -OCH3 is 1. The summed E-state index contributed by atoms with van der Waals surface area (Å²) < 4.78 is 118. The molecule has 228 valence electrons. The molecule has 2 aromatic carbocycles. The highest BCUT2D eigenvalue weighted by Gasteiger charge is 2.51. The van der Waals surface area contributed by atoms with Crippen molar-refractivity contribution < 1.29 is 54.2 Å². The molecule has 1 unspecified atom stereocenters. The summed E-state index contributed by atoms with van der Waals surface area (Å²) in [5.74, 6) is -3.59. The monoisotopic (exact) mass is 617 g/mol. The number of hydrogen-bond donors (Lipinski definition) is 1. The first-order valence-corrected chi connectivity index (χ1v) is 12.0. The van der Waals surface area contributed by atoms with Crippen LogP contribution in [0.4, 0.5) is 35.1 Å².